The molecule has 0 spiro atoms. The van der Waals surface area contributed by atoms with E-state index in [-0.39, 0.29) is 15.6 Å². The largest absolute Gasteiger partial charge is 0.394 e. The number of nitrogens with two attached hydrogens (primary N) is 1. The molecular formula is C14H20N4O8S2. The van der Waals surface area contributed by atoms with Gasteiger partial charge >= 0.3 is 0 Å². The number of carbonyl (C=O) groups excluding carboxylic acids is 1. The molecule has 1 saturated heterocycles. The van der Waals surface area contributed by atoms with Gasteiger partial charge in [-0.3, -0.25) is 15.6 Å². The molecule has 1 amide bonds. The number of thiocarbonyl (C=S) groups is 1. The Kier molecular flexibility index (Phi) is 7.24. The molecule has 1 aliphatic heterocycles. The third kappa shape index (κ3) is 5.33. The number of aliphatic hydroxyl groups is 4. The molecule has 0 aromatic heterocycles. The molecule has 0 saturated carbocycles. The number of hydrogen-bond donors (Lipinski definition) is 8. The quantitative estimate of drug-likeness (QED) is 0.170. The number of aliphatic hydroxyl groups excluding tert-OH is 4. The van der Waals surface area contributed by atoms with Crippen molar-refractivity contribution in [2.75, 3.05) is 6.61 Å². The highest BCUT2D eigenvalue weighted by Gasteiger charge is 2.43. The normalized spacial score (nSPS) is 27.7. The van der Waals surface area contributed by atoms with Gasteiger partial charge in [-0.15, -0.1) is 0 Å². The van der Waals surface area contributed by atoms with Gasteiger partial charge in [0.2, 0.25) is 10.0 Å². The van der Waals surface area contributed by atoms with Crippen LogP contribution >= 0.6 is 12.2 Å². The van der Waals surface area contributed by atoms with Gasteiger partial charge in [0.05, 0.1) is 11.5 Å². The first kappa shape index (κ1) is 22.4. The summed E-state index contributed by atoms with van der Waals surface area (Å²) in [6.45, 7) is -0.603. The van der Waals surface area contributed by atoms with Crippen LogP contribution in [0.4, 0.5) is 0 Å². The molecule has 0 aliphatic carbocycles. The molecule has 1 aromatic rings. The minimum atomic E-state index is -3.88. The second-order valence-corrected chi connectivity index (χ2v) is 7.84. The molecule has 0 bridgehead atoms. The molecule has 0 radical (unpaired) electrons. The average molecular weight is 436 g/mol. The number of sulfonamides is 1. The molecule has 156 valence electrons. The van der Waals surface area contributed by atoms with Crippen LogP contribution in [0.3, 0.4) is 0 Å². The molecule has 1 fully saturated rings. The Labute approximate surface area is 165 Å². The van der Waals surface area contributed by atoms with Crippen LogP contribution in [0.2, 0.25) is 0 Å². The number of primary sulfonamides is 1. The van der Waals surface area contributed by atoms with Crippen LogP contribution in [0.15, 0.2) is 29.2 Å². The summed E-state index contributed by atoms with van der Waals surface area (Å²) < 4.78 is 27.6. The lowest BCUT2D eigenvalue weighted by Gasteiger charge is -2.40. The van der Waals surface area contributed by atoms with Gasteiger partial charge in [0.25, 0.3) is 5.91 Å². The molecule has 1 aromatic carbocycles. The second kappa shape index (κ2) is 9.06. The molecule has 12 nitrogen and oxygen atoms in total. The summed E-state index contributed by atoms with van der Waals surface area (Å²) in [4.78, 5) is 11.9. The van der Waals surface area contributed by atoms with Gasteiger partial charge in [0, 0.05) is 5.56 Å². The highest BCUT2D eigenvalue weighted by Crippen LogP contribution is 2.19. The molecule has 1 heterocycles. The zero-order chi connectivity index (χ0) is 21.1. The monoisotopic (exact) mass is 436 g/mol. The van der Waals surface area contributed by atoms with Crippen molar-refractivity contribution in [3.63, 3.8) is 0 Å². The summed E-state index contributed by atoms with van der Waals surface area (Å²) >= 11 is 4.94. The number of ether oxygens (including phenoxy) is 1. The maximum atomic E-state index is 12.0. The molecule has 0 unspecified atom stereocenters. The van der Waals surface area contributed by atoms with Gasteiger partial charge in [-0.2, -0.15) is 0 Å². The highest BCUT2D eigenvalue weighted by molar-refractivity contribution is 7.89. The summed E-state index contributed by atoms with van der Waals surface area (Å²) in [6, 6.07) is 4.80. The van der Waals surface area contributed by atoms with E-state index in [0.29, 0.717) is 0 Å². The molecule has 9 N–H and O–H groups in total. The average Bonchev–Trinajstić information content (AvgIpc) is 2.66. The zero-order valence-corrected chi connectivity index (χ0v) is 15.9. The van der Waals surface area contributed by atoms with E-state index < -0.39 is 53.2 Å². The Hall–Kier alpha value is -1.91. The molecule has 28 heavy (non-hydrogen) atoms. The Morgan fingerprint density at radius 2 is 1.71 bits per heavy atom. The summed E-state index contributed by atoms with van der Waals surface area (Å²) in [6.07, 6.45) is -7.04. The van der Waals surface area contributed by atoms with Gasteiger partial charge < -0.3 is 30.5 Å². The Balaban J connectivity index is 1.90. The van der Waals surface area contributed by atoms with E-state index in [1.165, 1.54) is 12.1 Å². The number of amides is 1. The number of nitrogens with one attached hydrogen (secondary N) is 3. The minimum absolute atomic E-state index is 0.107. The van der Waals surface area contributed by atoms with Crippen molar-refractivity contribution in [2.24, 2.45) is 5.14 Å². The zero-order valence-electron chi connectivity index (χ0n) is 14.2. The smallest absolute Gasteiger partial charge is 0.269 e. The lowest BCUT2D eigenvalue weighted by Crippen LogP contribution is -2.64. The van der Waals surface area contributed by atoms with E-state index in [1.54, 1.807) is 0 Å². The number of hydrazine groups is 1. The van der Waals surface area contributed by atoms with Gasteiger partial charge in [-0.1, -0.05) is 0 Å². The van der Waals surface area contributed by atoms with Crippen LogP contribution in [-0.2, 0) is 14.8 Å². The van der Waals surface area contributed by atoms with E-state index in [9.17, 15) is 28.5 Å². The summed E-state index contributed by atoms with van der Waals surface area (Å²) in [5, 5.41) is 45.7. The first-order chi connectivity index (χ1) is 13.0. The lowest BCUT2D eigenvalue weighted by molar-refractivity contribution is -0.232. The van der Waals surface area contributed by atoms with Gasteiger partial charge in [-0.05, 0) is 36.5 Å². The van der Waals surface area contributed by atoms with Crippen LogP contribution in [0.25, 0.3) is 0 Å². The van der Waals surface area contributed by atoms with Crippen LogP contribution in [0.5, 0.6) is 0 Å². The van der Waals surface area contributed by atoms with E-state index in [4.69, 9.17) is 27.2 Å². The predicted octanol–water partition coefficient (Wildman–Crippen LogP) is -3.76. The fourth-order valence-corrected chi connectivity index (χ4v) is 3.05. The first-order valence-electron chi connectivity index (χ1n) is 7.85. The van der Waals surface area contributed by atoms with Crippen LogP contribution in [-0.4, -0.2) is 77.1 Å². The fourth-order valence-electron chi connectivity index (χ4n) is 2.37. The molecule has 14 heteroatoms. The molecule has 1 aliphatic rings. The van der Waals surface area contributed by atoms with Crippen molar-refractivity contribution in [3.8, 4) is 0 Å². The van der Waals surface area contributed by atoms with Gasteiger partial charge in [0.15, 0.2) is 11.3 Å². The number of benzene rings is 1. The number of carbonyl (C=O) groups is 1. The first-order valence-corrected chi connectivity index (χ1v) is 9.80. The van der Waals surface area contributed by atoms with Crippen molar-refractivity contribution >= 4 is 33.3 Å². The Morgan fingerprint density at radius 3 is 2.25 bits per heavy atom. The number of hydrogen-bond acceptors (Lipinski definition) is 9. The van der Waals surface area contributed by atoms with Crippen molar-refractivity contribution in [2.45, 2.75) is 35.5 Å². The third-order valence-corrected chi connectivity index (χ3v) is 5.05. The Bertz CT molecular complexity index is 817. The van der Waals surface area contributed by atoms with Gasteiger partial charge in [0.1, 0.15) is 24.4 Å². The maximum Gasteiger partial charge on any atom is 0.269 e. The van der Waals surface area contributed by atoms with E-state index in [1.807, 2.05) is 0 Å². The van der Waals surface area contributed by atoms with Crippen LogP contribution in [0.1, 0.15) is 10.4 Å². The van der Waals surface area contributed by atoms with E-state index in [0.717, 1.165) is 12.1 Å². The SMILES string of the molecule is NS(=O)(=O)c1ccc(C(=O)NNC(=S)N[C@@H]2O[C@H](CO)[C@H](O)[C@H](O)[C@H]2O)cc1. The summed E-state index contributed by atoms with van der Waals surface area (Å²) in [5.41, 5.74) is 4.67. The molecule has 2 rings (SSSR count). The Morgan fingerprint density at radius 1 is 1.11 bits per heavy atom. The van der Waals surface area contributed by atoms with Crippen LogP contribution < -0.4 is 21.3 Å². The van der Waals surface area contributed by atoms with E-state index in [2.05, 4.69) is 16.2 Å². The fraction of sp³-hybridized carbons (Fsp3) is 0.429. The maximum absolute atomic E-state index is 12.0. The standard InChI is InChI=1S/C14H20N4O8S2/c15-28(24,25)7-3-1-6(2-4-7)12(23)17-18-14(27)16-13-11(22)10(21)9(20)8(5-19)26-13/h1-4,8-11,13,19-22H,5H2,(H,17,23)(H2,15,24,25)(H2,16,18,27)/t8-,9+,10+,11-,13-/m1/s1. The second-order valence-electron chi connectivity index (χ2n) is 5.87. The van der Waals surface area contributed by atoms with Gasteiger partial charge in [-0.25, -0.2) is 13.6 Å². The van der Waals surface area contributed by atoms with Crippen molar-refractivity contribution in [3.05, 3.63) is 29.8 Å². The molecular weight excluding hydrogens is 416 g/mol. The third-order valence-electron chi connectivity index (χ3n) is 3.90. The topological polar surface area (TPSA) is 203 Å². The molecule has 5 atom stereocenters. The predicted molar refractivity (Wildman–Crippen MR) is 97.9 cm³/mol. The van der Waals surface area contributed by atoms with Crippen LogP contribution in [0, 0.1) is 0 Å². The van der Waals surface area contributed by atoms with Crippen molar-refractivity contribution < 1.29 is 38.4 Å². The lowest BCUT2D eigenvalue weighted by atomic mass is 9.98. The van der Waals surface area contributed by atoms with E-state index >= 15 is 0 Å². The summed E-state index contributed by atoms with van der Waals surface area (Å²) in [5.74, 6) is -0.654. The number of rotatable bonds is 4. The van der Waals surface area contributed by atoms with Crippen molar-refractivity contribution in [1.29, 1.82) is 0 Å². The minimum Gasteiger partial charge on any atom is -0.394 e. The summed E-state index contributed by atoms with van der Waals surface area (Å²) in [7, 11) is -3.88. The van der Waals surface area contributed by atoms with Crippen molar-refractivity contribution in [1.82, 2.24) is 16.2 Å². The highest BCUT2D eigenvalue weighted by atomic mass is 32.2.